The summed E-state index contributed by atoms with van der Waals surface area (Å²) in [5.74, 6) is 1.16. The van der Waals surface area contributed by atoms with E-state index in [1.54, 1.807) is 25.4 Å². The van der Waals surface area contributed by atoms with Gasteiger partial charge in [0.05, 0.1) is 30.0 Å². The highest BCUT2D eigenvalue weighted by Crippen LogP contribution is 2.28. The highest BCUT2D eigenvalue weighted by Gasteiger charge is 2.12. The van der Waals surface area contributed by atoms with Gasteiger partial charge in [-0.15, -0.1) is 22.6 Å². The Morgan fingerprint density at radius 1 is 1.00 bits per heavy atom. The van der Waals surface area contributed by atoms with Crippen LogP contribution in [-0.4, -0.2) is 34.9 Å². The summed E-state index contributed by atoms with van der Waals surface area (Å²) in [6, 6.07) is 14.3. The number of benzene rings is 2. The molecule has 1 N–H and O–H groups in total. The Bertz CT molecular complexity index is 1660. The molecule has 0 spiro atoms. The van der Waals surface area contributed by atoms with Crippen molar-refractivity contribution in [2.24, 2.45) is 0 Å². The Morgan fingerprint density at radius 3 is 2.74 bits per heavy atom. The van der Waals surface area contributed by atoms with Crippen molar-refractivity contribution in [2.45, 2.75) is 13.5 Å². The van der Waals surface area contributed by atoms with Gasteiger partial charge in [0.2, 0.25) is 5.89 Å². The second-order valence-electron chi connectivity index (χ2n) is 7.77. The second kappa shape index (κ2) is 9.07. The van der Waals surface area contributed by atoms with Gasteiger partial charge in [-0.1, -0.05) is 12.1 Å². The maximum absolute atomic E-state index is 13.5. The van der Waals surface area contributed by atoms with Gasteiger partial charge in [-0.3, -0.25) is 4.68 Å². The van der Waals surface area contributed by atoms with Crippen LogP contribution in [0.1, 0.15) is 11.5 Å². The summed E-state index contributed by atoms with van der Waals surface area (Å²) >= 11 is 0. The van der Waals surface area contributed by atoms with Crippen LogP contribution in [0.5, 0.6) is 0 Å². The molecule has 4 aromatic heterocycles. The van der Waals surface area contributed by atoms with E-state index in [1.807, 2.05) is 35.0 Å². The lowest BCUT2D eigenvalue weighted by atomic mass is 10.2. The lowest BCUT2D eigenvalue weighted by molar-refractivity contribution is 0.531. The fourth-order valence-electron chi connectivity index (χ4n) is 3.81. The normalized spacial score (nSPS) is 11.0. The zero-order valence-electron chi connectivity index (χ0n) is 18.4. The minimum atomic E-state index is -0.259. The number of hydrogen-bond donors (Lipinski definition) is 1. The topological polar surface area (TPSA) is 107 Å². The fourth-order valence-corrected chi connectivity index (χ4v) is 3.81. The molecule has 9 nitrogen and oxygen atoms in total. The number of aromatic nitrogens is 7. The average Bonchev–Trinajstić information content (AvgIpc) is 3.45. The van der Waals surface area contributed by atoms with Gasteiger partial charge in [0.1, 0.15) is 23.7 Å². The van der Waals surface area contributed by atoms with Crippen LogP contribution in [-0.2, 0) is 6.54 Å². The number of hydrogen-bond acceptors (Lipinski definition) is 8. The highest BCUT2D eigenvalue weighted by molar-refractivity contribution is 5.93. The van der Waals surface area contributed by atoms with Crippen LogP contribution >= 0.6 is 12.4 Å². The molecule has 174 valence electrons. The van der Waals surface area contributed by atoms with Crippen molar-refractivity contribution in [1.29, 1.82) is 0 Å². The first kappa shape index (κ1) is 22.4. The summed E-state index contributed by atoms with van der Waals surface area (Å²) in [4.78, 5) is 13.1. The maximum Gasteiger partial charge on any atom is 0.266 e. The van der Waals surface area contributed by atoms with Crippen LogP contribution in [0.4, 0.5) is 15.9 Å². The Balaban J connectivity index is 0.00000253. The predicted molar refractivity (Wildman–Crippen MR) is 131 cm³/mol. The lowest BCUT2D eigenvalue weighted by Gasteiger charge is -2.09. The molecule has 0 unspecified atom stereocenters. The molecule has 2 aromatic carbocycles. The third-order valence-electron chi connectivity index (χ3n) is 5.39. The summed E-state index contributed by atoms with van der Waals surface area (Å²) < 4.78 is 20.9. The minimum absolute atomic E-state index is 0. The Labute approximate surface area is 204 Å². The molecule has 0 saturated heterocycles. The van der Waals surface area contributed by atoms with Gasteiger partial charge in [-0.05, 0) is 42.0 Å². The maximum atomic E-state index is 13.5. The molecular formula is C24H18ClFN8O. The van der Waals surface area contributed by atoms with Gasteiger partial charge in [0, 0.05) is 23.4 Å². The van der Waals surface area contributed by atoms with Gasteiger partial charge >= 0.3 is 0 Å². The van der Waals surface area contributed by atoms with Crippen molar-refractivity contribution in [3.63, 3.8) is 0 Å². The number of fused-ring (bicyclic) bond motifs is 2. The van der Waals surface area contributed by atoms with E-state index in [0.29, 0.717) is 35.4 Å². The van der Waals surface area contributed by atoms with Crippen molar-refractivity contribution in [3.8, 4) is 11.6 Å². The molecule has 0 fully saturated rings. The number of anilines is 2. The third kappa shape index (κ3) is 4.38. The molecule has 11 heteroatoms. The Hall–Kier alpha value is -4.44. The van der Waals surface area contributed by atoms with Crippen LogP contribution < -0.4 is 5.32 Å². The van der Waals surface area contributed by atoms with E-state index in [9.17, 15) is 4.39 Å². The van der Waals surface area contributed by atoms with Crippen LogP contribution in [0.2, 0.25) is 0 Å². The zero-order valence-corrected chi connectivity index (χ0v) is 19.2. The van der Waals surface area contributed by atoms with Gasteiger partial charge in [-0.25, -0.2) is 19.3 Å². The number of nitrogens with one attached hydrogen (secondary N) is 1. The predicted octanol–water partition coefficient (Wildman–Crippen LogP) is 5.09. The van der Waals surface area contributed by atoms with Gasteiger partial charge < -0.3 is 9.73 Å². The number of aryl methyl sites for hydroxylation is 1. The first-order chi connectivity index (χ1) is 16.6. The molecule has 0 saturated carbocycles. The van der Waals surface area contributed by atoms with E-state index in [-0.39, 0.29) is 18.2 Å². The van der Waals surface area contributed by atoms with Crippen LogP contribution in [0.3, 0.4) is 0 Å². The zero-order chi connectivity index (χ0) is 23.1. The number of rotatable bonds is 5. The highest BCUT2D eigenvalue weighted by atomic mass is 35.5. The van der Waals surface area contributed by atoms with E-state index >= 15 is 0 Å². The van der Waals surface area contributed by atoms with E-state index in [4.69, 9.17) is 4.42 Å². The van der Waals surface area contributed by atoms with E-state index in [0.717, 1.165) is 27.5 Å². The molecule has 35 heavy (non-hydrogen) atoms. The standard InChI is InChI=1S/C24H17FN8O.ClH/c1-14-31-32-24(34-14)20-9-19-21(11-26-20)27-13-28-23(19)30-18-5-6-22-16(8-18)10-29-33(22)12-15-3-2-4-17(25)7-15;/h2-11,13H,12H2,1H3,(H,27,28,30);1H. The van der Waals surface area contributed by atoms with E-state index in [2.05, 4.69) is 35.6 Å². The lowest BCUT2D eigenvalue weighted by Crippen LogP contribution is -2.01. The molecule has 0 aliphatic rings. The molecule has 6 aromatic rings. The molecule has 6 rings (SSSR count). The summed E-state index contributed by atoms with van der Waals surface area (Å²) in [5, 5.41) is 17.5. The molecule has 0 radical (unpaired) electrons. The van der Waals surface area contributed by atoms with Gasteiger partial charge in [0.25, 0.3) is 5.89 Å². The van der Waals surface area contributed by atoms with E-state index in [1.165, 1.54) is 18.5 Å². The van der Waals surface area contributed by atoms with Gasteiger partial charge in [0.15, 0.2) is 0 Å². The Kier molecular flexibility index (Phi) is 5.79. The smallest absolute Gasteiger partial charge is 0.266 e. The molecular weight excluding hydrogens is 471 g/mol. The second-order valence-corrected chi connectivity index (χ2v) is 7.77. The third-order valence-corrected chi connectivity index (χ3v) is 5.39. The number of pyridine rings is 1. The van der Waals surface area contributed by atoms with Crippen molar-refractivity contribution in [2.75, 3.05) is 5.32 Å². The fraction of sp³-hybridized carbons (Fsp3) is 0.0833. The monoisotopic (exact) mass is 488 g/mol. The molecule has 0 amide bonds. The number of nitrogens with zero attached hydrogens (tertiary/aromatic N) is 7. The van der Waals surface area contributed by atoms with E-state index < -0.39 is 0 Å². The largest absolute Gasteiger partial charge is 0.420 e. The first-order valence-electron chi connectivity index (χ1n) is 10.5. The average molecular weight is 489 g/mol. The number of halogens is 2. The summed E-state index contributed by atoms with van der Waals surface area (Å²) in [6.45, 7) is 2.21. The molecule has 4 heterocycles. The summed E-state index contributed by atoms with van der Waals surface area (Å²) in [7, 11) is 0. The summed E-state index contributed by atoms with van der Waals surface area (Å²) in [5.41, 5.74) is 3.85. The van der Waals surface area contributed by atoms with Crippen molar-refractivity contribution >= 4 is 45.7 Å². The Morgan fingerprint density at radius 2 is 1.91 bits per heavy atom. The first-order valence-corrected chi connectivity index (χ1v) is 10.5. The van der Waals surface area contributed by atoms with Crippen LogP contribution in [0.25, 0.3) is 33.4 Å². The molecule has 0 aliphatic carbocycles. The quantitative estimate of drug-likeness (QED) is 0.357. The van der Waals surface area contributed by atoms with Crippen LogP contribution in [0.15, 0.2) is 71.7 Å². The van der Waals surface area contributed by atoms with Gasteiger partial charge in [-0.2, -0.15) is 5.10 Å². The molecule has 0 atom stereocenters. The van der Waals surface area contributed by atoms with Crippen molar-refractivity contribution in [3.05, 3.63) is 84.5 Å². The molecule has 0 bridgehead atoms. The summed E-state index contributed by atoms with van der Waals surface area (Å²) in [6.07, 6.45) is 4.92. The van der Waals surface area contributed by atoms with Crippen molar-refractivity contribution in [1.82, 2.24) is 34.9 Å². The van der Waals surface area contributed by atoms with Crippen LogP contribution in [0, 0.1) is 12.7 Å². The molecule has 0 aliphatic heterocycles. The SMILES string of the molecule is Cc1nnc(-c2cc3c(Nc4ccc5c(cnn5Cc5cccc(F)c5)c4)ncnc3cn2)o1.Cl. The van der Waals surface area contributed by atoms with Crippen molar-refractivity contribution < 1.29 is 8.81 Å². The minimum Gasteiger partial charge on any atom is -0.420 e.